The number of hydrogen-bond donors (Lipinski definition) is 1. The van der Waals surface area contributed by atoms with E-state index in [0.29, 0.717) is 0 Å². The normalized spacial score (nSPS) is 24.4. The topological polar surface area (TPSA) is 63.4 Å². The molecule has 1 aromatic carbocycles. The molecule has 1 aromatic rings. The van der Waals surface area contributed by atoms with Crippen molar-refractivity contribution >= 4 is 24.2 Å². The molecule has 4 nitrogen and oxygen atoms in total. The van der Waals surface area contributed by atoms with Gasteiger partial charge in [-0.15, -0.1) is 12.4 Å². The average Bonchev–Trinajstić information content (AvgIpc) is 2.69. The monoisotopic (exact) mass is 266 g/mol. The van der Waals surface area contributed by atoms with Gasteiger partial charge in [-0.1, -0.05) is 19.0 Å². The van der Waals surface area contributed by atoms with E-state index >= 15 is 0 Å². The van der Waals surface area contributed by atoms with Crippen molar-refractivity contribution in [2.24, 2.45) is 5.73 Å². The van der Waals surface area contributed by atoms with E-state index in [0.717, 1.165) is 0 Å². The third-order valence-electron chi connectivity index (χ3n) is 1.91. The minimum absolute atomic E-state index is 0. The summed E-state index contributed by atoms with van der Waals surface area (Å²) in [5.41, 5.74) is 4.63. The third-order valence-corrected chi connectivity index (χ3v) is 1.91. The van der Waals surface area contributed by atoms with Gasteiger partial charge in [0.2, 0.25) is 0 Å². The van der Waals surface area contributed by atoms with Gasteiger partial charge >= 0.3 is 0 Å². The van der Waals surface area contributed by atoms with Crippen LogP contribution in [-0.2, 0) is 0 Å². The molecule has 0 unspecified atom stereocenters. The van der Waals surface area contributed by atoms with E-state index in [2.05, 4.69) is 5.73 Å². The smallest absolute Gasteiger partial charge is 0.261 e. The molecule has 5 heteroatoms. The number of hydrogen-bond acceptors (Lipinski definition) is 3. The maximum absolute atomic E-state index is 11.9. The third kappa shape index (κ3) is 3.05. The Kier molecular flexibility index (Phi) is 2.28. The lowest BCUT2D eigenvalue weighted by Gasteiger charge is -2.08. The van der Waals surface area contributed by atoms with Crippen LogP contribution >= 0.6 is 12.4 Å². The first kappa shape index (κ1) is 5.50. The number of nitrogens with two attached hydrogens (primary N) is 1. The Balaban J connectivity index is 0.000000645. The van der Waals surface area contributed by atoms with Crippen LogP contribution in [0, 0.1) is 0 Å². The molecule has 0 spiro atoms. The average molecular weight is 267 g/mol. The Labute approximate surface area is 121 Å². The van der Waals surface area contributed by atoms with Crippen molar-refractivity contribution in [1.82, 2.24) is 4.90 Å². The molecule has 94 valence electrons. The summed E-state index contributed by atoms with van der Waals surface area (Å²) in [5.74, 6) is -1.84. The van der Waals surface area contributed by atoms with Crippen LogP contribution in [0.15, 0.2) is 24.3 Å². The van der Waals surface area contributed by atoms with Gasteiger partial charge in [-0.3, -0.25) is 14.5 Å². The summed E-state index contributed by atoms with van der Waals surface area (Å²) in [6.07, 6.45) is 0. The Hall–Kier alpha value is -1.39. The summed E-state index contributed by atoms with van der Waals surface area (Å²) in [6.45, 7) is -11.4. The molecular weight excluding hydrogens is 240 g/mol. The lowest BCUT2D eigenvalue weighted by atomic mass is 10.1. The summed E-state index contributed by atoms with van der Waals surface area (Å²) in [4.78, 5) is 24.0. The molecule has 2 amide bonds. The molecule has 0 aromatic heterocycles. The first-order valence-corrected chi connectivity index (χ1v) is 4.20. The van der Waals surface area contributed by atoms with Gasteiger partial charge in [-0.25, -0.2) is 0 Å². The lowest BCUT2D eigenvalue weighted by Crippen LogP contribution is -2.29. The van der Waals surface area contributed by atoms with Crippen molar-refractivity contribution in [3.05, 3.63) is 35.4 Å². The van der Waals surface area contributed by atoms with Crippen LogP contribution in [0.1, 0.15) is 48.1 Å². The van der Waals surface area contributed by atoms with Crippen molar-refractivity contribution < 1.29 is 23.3 Å². The molecule has 17 heavy (non-hydrogen) atoms. The SMILES string of the molecule is Cl.[2H]C([2H])([2H])C([2H])([2H])N.[2H]C([2H])([2H])C([2H])([2H])N1C(=O)c2ccccc2C1=O. The Morgan fingerprint density at radius 1 is 1.24 bits per heavy atom. The van der Waals surface area contributed by atoms with Crippen LogP contribution in [0.4, 0.5) is 0 Å². The van der Waals surface area contributed by atoms with Crippen molar-refractivity contribution in [2.45, 2.75) is 13.7 Å². The van der Waals surface area contributed by atoms with Gasteiger partial charge in [0.05, 0.1) is 11.1 Å². The second kappa shape index (κ2) is 7.04. The quantitative estimate of drug-likeness (QED) is 0.787. The summed E-state index contributed by atoms with van der Waals surface area (Å²) < 4.78 is 68.5. The molecule has 1 aliphatic rings. The van der Waals surface area contributed by atoms with Gasteiger partial charge in [-0.05, 0) is 25.5 Å². The van der Waals surface area contributed by atoms with Crippen LogP contribution in [0.5, 0.6) is 0 Å². The summed E-state index contributed by atoms with van der Waals surface area (Å²) in [6, 6.07) is 5.78. The highest BCUT2D eigenvalue weighted by molar-refractivity contribution is 6.21. The lowest BCUT2D eigenvalue weighted by molar-refractivity contribution is 0.0663. The van der Waals surface area contributed by atoms with Gasteiger partial charge in [0.1, 0.15) is 0 Å². The summed E-state index contributed by atoms with van der Waals surface area (Å²) >= 11 is 0. The van der Waals surface area contributed by atoms with E-state index in [9.17, 15) is 9.59 Å². The van der Waals surface area contributed by atoms with Crippen molar-refractivity contribution in [3.8, 4) is 0 Å². The number of imide groups is 1. The van der Waals surface area contributed by atoms with Crippen LogP contribution in [0.25, 0.3) is 0 Å². The predicted octanol–water partition coefficient (Wildman–Crippen LogP) is 1.69. The van der Waals surface area contributed by atoms with E-state index in [-0.39, 0.29) is 28.4 Å². The zero-order valence-corrected chi connectivity index (χ0v) is 9.38. The fourth-order valence-corrected chi connectivity index (χ4v) is 1.29. The highest BCUT2D eigenvalue weighted by Gasteiger charge is 2.33. The van der Waals surface area contributed by atoms with Crippen LogP contribution in [-0.4, -0.2) is 29.7 Å². The number of benzene rings is 1. The number of carbonyl (C=O) groups excluding carboxylic acids is 2. The van der Waals surface area contributed by atoms with Crippen molar-refractivity contribution in [3.63, 3.8) is 0 Å². The minimum Gasteiger partial charge on any atom is -0.331 e. The highest BCUT2D eigenvalue weighted by atomic mass is 35.5. The Morgan fingerprint density at radius 3 is 2.06 bits per heavy atom. The first-order valence-electron chi connectivity index (χ1n) is 9.20. The number of fused-ring (bicyclic) bond motifs is 1. The number of carbonyl (C=O) groups is 2. The molecule has 0 aliphatic carbocycles. The Morgan fingerprint density at radius 2 is 1.71 bits per heavy atom. The van der Waals surface area contributed by atoms with Gasteiger partial charge in [-0.2, -0.15) is 0 Å². The fourth-order valence-electron chi connectivity index (χ4n) is 1.29. The maximum Gasteiger partial charge on any atom is 0.261 e. The summed E-state index contributed by atoms with van der Waals surface area (Å²) in [5, 5.41) is 0. The van der Waals surface area contributed by atoms with E-state index in [4.69, 9.17) is 13.7 Å². The van der Waals surface area contributed by atoms with Gasteiger partial charge in [0.15, 0.2) is 0 Å². The summed E-state index contributed by atoms with van der Waals surface area (Å²) in [7, 11) is 0. The minimum atomic E-state index is -3.10. The molecule has 0 atom stereocenters. The van der Waals surface area contributed by atoms with Crippen molar-refractivity contribution in [1.29, 1.82) is 0 Å². The molecule has 1 heterocycles. The number of rotatable bonds is 1. The van der Waals surface area contributed by atoms with Gasteiger partial charge in [0.25, 0.3) is 11.8 Å². The molecule has 0 radical (unpaired) electrons. The zero-order valence-electron chi connectivity index (χ0n) is 18.6. The molecule has 0 saturated heterocycles. The Bertz CT molecular complexity index is 664. The molecular formula is C12H17ClN2O2. The van der Waals surface area contributed by atoms with Crippen LogP contribution in [0.2, 0.25) is 0 Å². The van der Waals surface area contributed by atoms with E-state index in [1.165, 1.54) is 24.3 Å². The fraction of sp³-hybridized carbons (Fsp3) is 0.333. The standard InChI is InChI=1S/C10H9NO2.C2H7N.ClH/c1-2-11-9(12)7-5-3-4-6-8(7)10(11)13;1-2-3;/h3-6H,2H2,1H3;2-3H2,1H3;1H/i2*1D3,2D2;. The van der Waals surface area contributed by atoms with Crippen molar-refractivity contribution in [2.75, 3.05) is 13.0 Å². The highest BCUT2D eigenvalue weighted by Crippen LogP contribution is 2.21. The largest absolute Gasteiger partial charge is 0.331 e. The number of nitrogens with zero attached hydrogens (tertiary/aromatic N) is 1. The molecule has 2 rings (SSSR count). The van der Waals surface area contributed by atoms with Gasteiger partial charge in [0, 0.05) is 20.2 Å². The second-order valence-electron chi connectivity index (χ2n) is 2.75. The van der Waals surface area contributed by atoms with E-state index in [1.807, 2.05) is 0 Å². The molecule has 0 fully saturated rings. The van der Waals surface area contributed by atoms with Gasteiger partial charge < -0.3 is 5.73 Å². The van der Waals surface area contributed by atoms with E-state index in [1.54, 1.807) is 0 Å². The zero-order chi connectivity index (χ0) is 20.7. The van der Waals surface area contributed by atoms with E-state index < -0.39 is 38.5 Å². The predicted molar refractivity (Wildman–Crippen MR) is 69.5 cm³/mol. The van der Waals surface area contributed by atoms with Crippen LogP contribution in [0.3, 0.4) is 0 Å². The second-order valence-corrected chi connectivity index (χ2v) is 2.75. The first-order chi connectivity index (χ1) is 11.4. The molecule has 2 N–H and O–H groups in total. The maximum atomic E-state index is 11.9. The number of amides is 2. The number of halogens is 1. The molecule has 0 bridgehead atoms. The molecule has 0 saturated carbocycles. The molecule has 1 aliphatic heterocycles. The van der Waals surface area contributed by atoms with Crippen LogP contribution < -0.4 is 5.73 Å².